The highest BCUT2D eigenvalue weighted by Gasteiger charge is 2.24. The van der Waals surface area contributed by atoms with Crippen molar-refractivity contribution in [2.75, 3.05) is 0 Å². The molecule has 0 N–H and O–H groups in total. The van der Waals surface area contributed by atoms with Crippen molar-refractivity contribution in [3.63, 3.8) is 0 Å². The molecule has 0 aliphatic carbocycles. The number of hydrogen-bond acceptors (Lipinski definition) is 4. The summed E-state index contributed by atoms with van der Waals surface area (Å²) in [6.45, 7) is 5.29. The molecule has 5 nitrogen and oxygen atoms in total. The van der Waals surface area contributed by atoms with Gasteiger partial charge in [0.15, 0.2) is 5.82 Å². The fraction of sp³-hybridized carbons (Fsp3) is 0.308. The van der Waals surface area contributed by atoms with Crippen LogP contribution in [0.2, 0.25) is 0 Å². The first-order chi connectivity index (χ1) is 9.24. The topological polar surface area (TPSA) is 71.8 Å². The second kappa shape index (κ2) is 4.56. The van der Waals surface area contributed by atoms with Crippen molar-refractivity contribution >= 4 is 0 Å². The fourth-order valence-electron chi connectivity index (χ4n) is 1.52. The summed E-state index contributed by atoms with van der Waals surface area (Å²) in [6, 6.07) is 2.96. The highest BCUT2D eigenvalue weighted by Crippen LogP contribution is 2.21. The lowest BCUT2D eigenvalue weighted by Gasteiger charge is -2.10. The van der Waals surface area contributed by atoms with Gasteiger partial charge in [0.1, 0.15) is 17.6 Å². The van der Waals surface area contributed by atoms with E-state index in [-0.39, 0.29) is 5.89 Å². The molecular weight excluding hydrogens is 268 g/mol. The van der Waals surface area contributed by atoms with Crippen LogP contribution in [0.25, 0.3) is 5.69 Å². The molecule has 0 bridgehead atoms. The monoisotopic (exact) mass is 279 g/mol. The van der Waals surface area contributed by atoms with Gasteiger partial charge in [0.25, 0.3) is 0 Å². The maximum absolute atomic E-state index is 13.8. The Morgan fingerprint density at radius 3 is 2.45 bits per heavy atom. The van der Waals surface area contributed by atoms with Crippen molar-refractivity contribution in [2.24, 2.45) is 0 Å². The zero-order chi connectivity index (χ0) is 15.1. The summed E-state index contributed by atoms with van der Waals surface area (Å²) in [7, 11) is 0. The Morgan fingerprint density at radius 2 is 1.95 bits per heavy atom. The van der Waals surface area contributed by atoms with Crippen molar-refractivity contribution in [3.8, 4) is 11.8 Å². The molecule has 0 saturated carbocycles. The summed E-state index contributed by atoms with van der Waals surface area (Å²) < 4.78 is 32.9. The van der Waals surface area contributed by atoms with Crippen LogP contribution in [-0.4, -0.2) is 9.78 Å². The minimum Gasteiger partial charge on any atom is -0.391 e. The highest BCUT2D eigenvalue weighted by atomic mass is 19.1. The standard InChI is InChI=1S/C13H11F2N3O2/c1-13(2,3)11-17-18(12(19)20-11)10-5-8(14)7(6-16)4-9(10)15/h4-5H,1-3H3. The third-order valence-electron chi connectivity index (χ3n) is 2.57. The van der Waals surface area contributed by atoms with E-state index in [0.717, 1.165) is 6.07 Å². The number of halogens is 2. The molecule has 1 heterocycles. The second-order valence-corrected chi connectivity index (χ2v) is 5.23. The van der Waals surface area contributed by atoms with Crippen LogP contribution in [0.4, 0.5) is 8.78 Å². The van der Waals surface area contributed by atoms with Crippen LogP contribution in [-0.2, 0) is 5.41 Å². The third kappa shape index (κ3) is 2.32. The number of aromatic nitrogens is 2. The van der Waals surface area contributed by atoms with Gasteiger partial charge < -0.3 is 4.42 Å². The van der Waals surface area contributed by atoms with Crippen LogP contribution in [0, 0.1) is 23.0 Å². The molecule has 0 saturated heterocycles. The minimum atomic E-state index is -0.934. The molecule has 0 radical (unpaired) electrons. The molecule has 1 aromatic heterocycles. The van der Waals surface area contributed by atoms with Gasteiger partial charge in [-0.15, -0.1) is 5.10 Å². The zero-order valence-corrected chi connectivity index (χ0v) is 11.1. The van der Waals surface area contributed by atoms with Crippen molar-refractivity contribution in [1.82, 2.24) is 9.78 Å². The van der Waals surface area contributed by atoms with E-state index in [0.29, 0.717) is 10.7 Å². The quantitative estimate of drug-likeness (QED) is 0.802. The summed E-state index contributed by atoms with van der Waals surface area (Å²) in [5.41, 5.74) is -1.39. The smallest absolute Gasteiger partial charge is 0.391 e. The Hall–Kier alpha value is -2.49. The maximum Gasteiger partial charge on any atom is 0.442 e. The third-order valence-corrected chi connectivity index (χ3v) is 2.57. The molecule has 104 valence electrons. The molecule has 0 aliphatic heterocycles. The Balaban J connectivity index is 2.65. The van der Waals surface area contributed by atoms with Gasteiger partial charge in [-0.25, -0.2) is 13.6 Å². The predicted octanol–water partition coefficient (Wildman–Crippen LogP) is 2.27. The minimum absolute atomic E-state index is 0.103. The van der Waals surface area contributed by atoms with E-state index in [1.165, 1.54) is 6.07 Å². The van der Waals surface area contributed by atoms with Gasteiger partial charge in [-0.3, -0.25) is 0 Å². The molecule has 0 unspecified atom stereocenters. The largest absolute Gasteiger partial charge is 0.442 e. The lowest BCUT2D eigenvalue weighted by molar-refractivity contribution is 0.375. The van der Waals surface area contributed by atoms with Gasteiger partial charge in [0.2, 0.25) is 5.89 Å². The van der Waals surface area contributed by atoms with Crippen LogP contribution in [0.3, 0.4) is 0 Å². The second-order valence-electron chi connectivity index (χ2n) is 5.23. The summed E-state index contributed by atoms with van der Waals surface area (Å²) in [6.07, 6.45) is 0. The van der Waals surface area contributed by atoms with Crippen molar-refractivity contribution in [2.45, 2.75) is 26.2 Å². The van der Waals surface area contributed by atoms with Crippen molar-refractivity contribution in [1.29, 1.82) is 5.26 Å². The van der Waals surface area contributed by atoms with E-state index in [4.69, 9.17) is 9.68 Å². The van der Waals surface area contributed by atoms with E-state index < -0.39 is 34.1 Å². The average molecular weight is 279 g/mol. The lowest BCUT2D eigenvalue weighted by Crippen LogP contribution is -2.16. The molecular formula is C13H11F2N3O2. The molecule has 0 fully saturated rings. The van der Waals surface area contributed by atoms with Crippen LogP contribution in [0.15, 0.2) is 21.3 Å². The first-order valence-electron chi connectivity index (χ1n) is 5.74. The van der Waals surface area contributed by atoms with E-state index in [1.807, 2.05) is 0 Å². The average Bonchev–Trinajstić information content (AvgIpc) is 2.73. The van der Waals surface area contributed by atoms with E-state index >= 15 is 0 Å². The van der Waals surface area contributed by atoms with Crippen LogP contribution < -0.4 is 5.76 Å². The normalized spacial score (nSPS) is 11.4. The Morgan fingerprint density at radius 1 is 1.30 bits per heavy atom. The lowest BCUT2D eigenvalue weighted by atomic mass is 9.97. The van der Waals surface area contributed by atoms with E-state index in [2.05, 4.69) is 5.10 Å². The Bertz CT molecular complexity index is 763. The molecule has 2 aromatic rings. The summed E-state index contributed by atoms with van der Waals surface area (Å²) in [5, 5.41) is 12.5. The molecule has 20 heavy (non-hydrogen) atoms. The van der Waals surface area contributed by atoms with Crippen molar-refractivity contribution < 1.29 is 13.2 Å². The maximum atomic E-state index is 13.8. The number of hydrogen-bond donors (Lipinski definition) is 0. The number of nitrogens with zero attached hydrogens (tertiary/aromatic N) is 3. The van der Waals surface area contributed by atoms with Gasteiger partial charge in [0, 0.05) is 11.5 Å². The molecule has 7 heteroatoms. The fourth-order valence-corrected chi connectivity index (χ4v) is 1.52. The van der Waals surface area contributed by atoms with Gasteiger partial charge >= 0.3 is 5.76 Å². The van der Waals surface area contributed by atoms with Crippen LogP contribution in [0.1, 0.15) is 32.2 Å². The van der Waals surface area contributed by atoms with Gasteiger partial charge in [-0.1, -0.05) is 20.8 Å². The Labute approximate surface area is 113 Å². The van der Waals surface area contributed by atoms with E-state index in [1.54, 1.807) is 20.8 Å². The molecule has 0 atom stereocenters. The molecule has 2 rings (SSSR count). The zero-order valence-electron chi connectivity index (χ0n) is 11.1. The summed E-state index contributed by atoms with van der Waals surface area (Å²) >= 11 is 0. The van der Waals surface area contributed by atoms with Crippen molar-refractivity contribution in [3.05, 3.63) is 45.8 Å². The number of benzene rings is 1. The highest BCUT2D eigenvalue weighted by molar-refractivity contribution is 5.41. The summed E-state index contributed by atoms with van der Waals surface area (Å²) in [4.78, 5) is 11.7. The predicted molar refractivity (Wildman–Crippen MR) is 65.4 cm³/mol. The number of rotatable bonds is 1. The van der Waals surface area contributed by atoms with Gasteiger partial charge in [-0.05, 0) is 6.07 Å². The Kier molecular flexibility index (Phi) is 3.18. The van der Waals surface area contributed by atoms with E-state index in [9.17, 15) is 13.6 Å². The first kappa shape index (κ1) is 13.9. The molecule has 0 spiro atoms. The summed E-state index contributed by atoms with van der Waals surface area (Å²) in [5.74, 6) is -2.68. The first-order valence-corrected chi connectivity index (χ1v) is 5.74. The molecule has 0 amide bonds. The molecule has 0 aliphatic rings. The van der Waals surface area contributed by atoms with Gasteiger partial charge in [-0.2, -0.15) is 9.94 Å². The van der Waals surface area contributed by atoms with Crippen LogP contribution >= 0.6 is 0 Å². The SMILES string of the molecule is CC(C)(C)c1nn(-c2cc(F)c(C#N)cc2F)c(=O)o1. The van der Waals surface area contributed by atoms with Gasteiger partial charge in [0.05, 0.1) is 5.56 Å². The molecule has 1 aromatic carbocycles. The number of nitriles is 1. The van der Waals surface area contributed by atoms with Crippen LogP contribution in [0.5, 0.6) is 0 Å².